The summed E-state index contributed by atoms with van der Waals surface area (Å²) in [7, 11) is -4.39. The zero-order chi connectivity index (χ0) is 50.2. The Labute approximate surface area is 424 Å². The van der Waals surface area contributed by atoms with Crippen LogP contribution in [0.2, 0.25) is 0 Å². The number of unbranched alkanes of at least 4 members (excludes halogenated alkanes) is 28. The summed E-state index contributed by atoms with van der Waals surface area (Å²) in [5, 5.41) is 0. The zero-order valence-corrected chi connectivity index (χ0v) is 45.4. The number of allylic oxidation sites excluding steroid dienone is 12. The summed E-state index contributed by atoms with van der Waals surface area (Å²) in [5.41, 5.74) is 5.38. The summed E-state index contributed by atoms with van der Waals surface area (Å²) < 4.78 is 33.0. The Kier molecular flexibility index (Phi) is 52.8. The first-order valence-electron chi connectivity index (χ1n) is 28.4. The van der Waals surface area contributed by atoms with Crippen LogP contribution in [0.4, 0.5) is 0 Å². The Hall–Kier alpha value is -2.55. The highest BCUT2D eigenvalue weighted by atomic mass is 31.2. The molecule has 9 nitrogen and oxygen atoms in total. The lowest BCUT2D eigenvalue weighted by molar-refractivity contribution is -0.161. The molecular weight excluding hydrogens is 882 g/mol. The Bertz CT molecular complexity index is 1360. The summed E-state index contributed by atoms with van der Waals surface area (Å²) in [4.78, 5) is 35.1. The minimum absolute atomic E-state index is 0.0522. The van der Waals surface area contributed by atoms with Gasteiger partial charge in [-0.2, -0.15) is 0 Å². The molecule has 0 heterocycles. The van der Waals surface area contributed by atoms with E-state index in [9.17, 15) is 19.0 Å². The van der Waals surface area contributed by atoms with Crippen LogP contribution in [-0.4, -0.2) is 49.3 Å². The van der Waals surface area contributed by atoms with E-state index in [2.05, 4.69) is 86.8 Å². The fourth-order valence-electron chi connectivity index (χ4n) is 7.93. The first-order chi connectivity index (χ1) is 33.8. The number of rotatable bonds is 53. The molecule has 0 aliphatic rings. The van der Waals surface area contributed by atoms with Crippen LogP contribution >= 0.6 is 7.82 Å². The lowest BCUT2D eigenvalue weighted by Crippen LogP contribution is -2.29. The molecule has 0 aromatic carbocycles. The van der Waals surface area contributed by atoms with Gasteiger partial charge in [-0.15, -0.1) is 0 Å². The first-order valence-corrected chi connectivity index (χ1v) is 29.9. The predicted octanol–water partition coefficient (Wildman–Crippen LogP) is 17.7. The molecule has 0 aliphatic carbocycles. The number of nitrogens with two attached hydrogens (primary N) is 1. The Balaban J connectivity index is 3.96. The van der Waals surface area contributed by atoms with Crippen LogP contribution in [-0.2, 0) is 32.7 Å². The van der Waals surface area contributed by atoms with Gasteiger partial charge in [0.2, 0.25) is 0 Å². The third kappa shape index (κ3) is 54.6. The van der Waals surface area contributed by atoms with Gasteiger partial charge in [0.1, 0.15) is 6.61 Å². The lowest BCUT2D eigenvalue weighted by Gasteiger charge is -2.19. The summed E-state index contributed by atoms with van der Waals surface area (Å²) >= 11 is 0. The number of carbonyl (C=O) groups excluding carboxylic acids is 2. The maximum absolute atomic E-state index is 12.7. The van der Waals surface area contributed by atoms with Crippen molar-refractivity contribution in [2.24, 2.45) is 5.73 Å². The predicted molar refractivity (Wildman–Crippen MR) is 293 cm³/mol. The van der Waals surface area contributed by atoms with E-state index in [1.165, 1.54) is 148 Å². The molecule has 69 heavy (non-hydrogen) atoms. The molecule has 10 heteroatoms. The molecule has 0 aliphatic heterocycles. The van der Waals surface area contributed by atoms with Gasteiger partial charge in [-0.05, 0) is 64.2 Å². The standard InChI is InChI=1S/C59H106NO8P/c1-3-5-7-9-11-13-15-17-19-21-22-23-24-25-26-27-28-29-30-31-32-33-34-36-38-40-42-44-46-48-50-52-59(62)68-57(56-67-69(63,64)66-54-53-60)55-65-58(61)51-49-47-45-43-41-39-37-35-20-18-16-14-12-10-8-6-4-2/h5,7,11,13,17,19,22-23,25-26,28-29,57H,3-4,6,8-10,12,14-16,18,20-21,24,27,30-56,60H2,1-2H3,(H,63,64)/b7-5-,13-11-,19-17-,23-22-,26-25-,29-28-. The number of ether oxygens (including phenoxy) is 2. The SMILES string of the molecule is CC/C=C\C/C=C\C/C=C\C/C=C\C/C=C\C/C=C\CCCCCCCCCCCCCCC(=O)OC(COC(=O)CCCCCCCCCCCCCCCCCCC)COP(=O)(O)OCCN. The van der Waals surface area contributed by atoms with Crippen molar-refractivity contribution >= 4 is 19.8 Å². The number of hydrogen-bond donors (Lipinski definition) is 2. The van der Waals surface area contributed by atoms with Crippen LogP contribution < -0.4 is 5.73 Å². The number of esters is 2. The van der Waals surface area contributed by atoms with Gasteiger partial charge >= 0.3 is 19.8 Å². The van der Waals surface area contributed by atoms with Crippen molar-refractivity contribution in [3.05, 3.63) is 72.9 Å². The van der Waals surface area contributed by atoms with Crippen molar-refractivity contribution in [3.63, 3.8) is 0 Å². The molecular formula is C59H106NO8P. The van der Waals surface area contributed by atoms with Crippen molar-refractivity contribution in [3.8, 4) is 0 Å². The molecule has 0 spiro atoms. The summed E-state index contributed by atoms with van der Waals surface area (Å²) in [5.74, 6) is -0.822. The van der Waals surface area contributed by atoms with Gasteiger partial charge in [0.05, 0.1) is 13.2 Å². The van der Waals surface area contributed by atoms with Crippen LogP contribution in [0, 0.1) is 0 Å². The Morgan fingerprint density at radius 2 is 0.797 bits per heavy atom. The molecule has 0 amide bonds. The second-order valence-electron chi connectivity index (χ2n) is 18.8. The highest BCUT2D eigenvalue weighted by Crippen LogP contribution is 2.43. The lowest BCUT2D eigenvalue weighted by atomic mass is 10.0. The Morgan fingerprint density at radius 1 is 0.449 bits per heavy atom. The van der Waals surface area contributed by atoms with E-state index in [-0.39, 0.29) is 38.6 Å². The van der Waals surface area contributed by atoms with E-state index in [0.29, 0.717) is 6.42 Å². The second kappa shape index (κ2) is 54.8. The van der Waals surface area contributed by atoms with E-state index in [1.807, 2.05) is 0 Å². The van der Waals surface area contributed by atoms with E-state index >= 15 is 0 Å². The third-order valence-electron chi connectivity index (χ3n) is 12.1. The van der Waals surface area contributed by atoms with Crippen molar-refractivity contribution in [1.82, 2.24) is 0 Å². The molecule has 0 radical (unpaired) electrons. The summed E-state index contributed by atoms with van der Waals surface area (Å²) in [6.45, 7) is 3.65. The average Bonchev–Trinajstić information content (AvgIpc) is 3.34. The largest absolute Gasteiger partial charge is 0.472 e. The fourth-order valence-corrected chi connectivity index (χ4v) is 8.70. The zero-order valence-electron chi connectivity index (χ0n) is 44.5. The van der Waals surface area contributed by atoms with Crippen LogP contribution in [0.1, 0.15) is 258 Å². The number of phosphoric ester groups is 1. The van der Waals surface area contributed by atoms with Gasteiger partial charge < -0.3 is 20.1 Å². The first kappa shape index (κ1) is 66.5. The molecule has 0 saturated heterocycles. The maximum atomic E-state index is 12.7. The average molecular weight is 988 g/mol. The molecule has 0 aromatic rings. The molecule has 400 valence electrons. The molecule has 0 fully saturated rings. The molecule has 3 N–H and O–H groups in total. The van der Waals surface area contributed by atoms with E-state index in [1.54, 1.807) is 0 Å². The van der Waals surface area contributed by atoms with Crippen LogP contribution in [0.25, 0.3) is 0 Å². The molecule has 2 unspecified atom stereocenters. The highest BCUT2D eigenvalue weighted by molar-refractivity contribution is 7.47. The van der Waals surface area contributed by atoms with Gasteiger partial charge in [0, 0.05) is 19.4 Å². The van der Waals surface area contributed by atoms with Gasteiger partial charge in [-0.1, -0.05) is 254 Å². The molecule has 0 rings (SSSR count). The van der Waals surface area contributed by atoms with Crippen molar-refractivity contribution < 1.29 is 37.6 Å². The minimum atomic E-state index is -4.39. The van der Waals surface area contributed by atoms with Crippen molar-refractivity contribution in [2.45, 2.75) is 264 Å². The van der Waals surface area contributed by atoms with E-state index in [4.69, 9.17) is 24.3 Å². The highest BCUT2D eigenvalue weighted by Gasteiger charge is 2.26. The maximum Gasteiger partial charge on any atom is 0.472 e. The smallest absolute Gasteiger partial charge is 0.462 e. The second-order valence-corrected chi connectivity index (χ2v) is 20.2. The van der Waals surface area contributed by atoms with Gasteiger partial charge in [-0.25, -0.2) is 4.57 Å². The van der Waals surface area contributed by atoms with Crippen LogP contribution in [0.5, 0.6) is 0 Å². The van der Waals surface area contributed by atoms with E-state index in [0.717, 1.165) is 77.0 Å². The van der Waals surface area contributed by atoms with Gasteiger partial charge in [0.25, 0.3) is 0 Å². The monoisotopic (exact) mass is 988 g/mol. The van der Waals surface area contributed by atoms with Gasteiger partial charge in [-0.3, -0.25) is 18.6 Å². The Morgan fingerprint density at radius 3 is 1.19 bits per heavy atom. The number of carbonyl (C=O) groups is 2. The summed E-state index contributed by atoms with van der Waals surface area (Å²) in [6, 6.07) is 0. The topological polar surface area (TPSA) is 134 Å². The fraction of sp³-hybridized carbons (Fsp3) is 0.763. The van der Waals surface area contributed by atoms with Crippen molar-refractivity contribution in [2.75, 3.05) is 26.4 Å². The third-order valence-corrected chi connectivity index (χ3v) is 13.1. The number of hydrogen-bond acceptors (Lipinski definition) is 8. The molecule has 2 atom stereocenters. The summed E-state index contributed by atoms with van der Waals surface area (Å²) in [6.07, 6.45) is 69.5. The normalized spacial score (nSPS) is 13.6. The van der Waals surface area contributed by atoms with Crippen LogP contribution in [0.3, 0.4) is 0 Å². The van der Waals surface area contributed by atoms with E-state index < -0.39 is 26.5 Å². The molecule has 0 saturated carbocycles. The number of phosphoric acid groups is 1. The van der Waals surface area contributed by atoms with Crippen LogP contribution in [0.15, 0.2) is 72.9 Å². The van der Waals surface area contributed by atoms with Crippen molar-refractivity contribution in [1.29, 1.82) is 0 Å². The van der Waals surface area contributed by atoms with Gasteiger partial charge in [0.15, 0.2) is 6.10 Å². The minimum Gasteiger partial charge on any atom is -0.462 e. The molecule has 0 aromatic heterocycles. The molecule has 0 bridgehead atoms. The quantitative estimate of drug-likeness (QED) is 0.0264.